The smallest absolute Gasteiger partial charge is 0.369 e. The number of rotatable bonds is 11. The lowest BCUT2D eigenvalue weighted by atomic mass is 10.1. The summed E-state index contributed by atoms with van der Waals surface area (Å²) in [5.41, 5.74) is 7.10. The number of thiophene rings is 1. The molecule has 0 saturated carbocycles. The summed E-state index contributed by atoms with van der Waals surface area (Å²) in [7, 11) is -16.9. The van der Waals surface area contributed by atoms with Gasteiger partial charge in [0.25, 0.3) is 5.91 Å². The maximum absolute atomic E-state index is 12.9. The molecule has 1 amide bonds. The van der Waals surface area contributed by atoms with Crippen molar-refractivity contribution >= 4 is 86.0 Å². The fourth-order valence-electron chi connectivity index (χ4n) is 4.14. The molecule has 0 radical (unpaired) electrons. The number of ether oxygens (including phenoxy) is 3. The van der Waals surface area contributed by atoms with Gasteiger partial charge in [-0.05, 0) is 32.9 Å². The highest BCUT2D eigenvalue weighted by Crippen LogP contribution is 2.66. The number of nitrogen functional groups attached to an aromatic ring is 1. The van der Waals surface area contributed by atoms with Crippen LogP contribution in [0.5, 0.6) is 0 Å². The highest BCUT2D eigenvalue weighted by Gasteiger charge is 2.56. The van der Waals surface area contributed by atoms with Crippen molar-refractivity contribution in [3.63, 3.8) is 0 Å². The van der Waals surface area contributed by atoms with Gasteiger partial charge in [0.2, 0.25) is 6.29 Å². The highest BCUT2D eigenvalue weighted by molar-refractivity contribution is 9.11. The first kappa shape index (κ1) is 32.9. The van der Waals surface area contributed by atoms with E-state index >= 15 is 0 Å². The third-order valence-electron chi connectivity index (χ3n) is 5.76. The summed E-state index contributed by atoms with van der Waals surface area (Å²) in [5.74, 6) is -0.695. The molecule has 5 heterocycles. The molecule has 20 nitrogen and oxygen atoms in total. The average molecular weight is 769 g/mol. The first-order valence-electron chi connectivity index (χ1n) is 11.5. The Hall–Kier alpha value is -1.49. The number of halogens is 1. The number of amides is 1. The number of fused-ring (bicyclic) bond motifs is 2. The minimum atomic E-state index is -5.76. The molecule has 0 aliphatic carbocycles. The van der Waals surface area contributed by atoms with Crippen LogP contribution < -0.4 is 11.1 Å². The quantitative estimate of drug-likeness (QED) is 0.108. The number of nitrogens with zero attached hydrogens (tertiary/aromatic N) is 3. The summed E-state index contributed by atoms with van der Waals surface area (Å²) in [5, 5.41) is 4.50. The average Bonchev–Trinajstić information content (AvgIpc) is 3.63. The number of hydrogen-bond acceptors (Lipinski definition) is 15. The predicted octanol–water partition coefficient (Wildman–Crippen LogP) is 1.56. The van der Waals surface area contributed by atoms with Crippen LogP contribution in [0.2, 0.25) is 0 Å². The van der Waals surface area contributed by atoms with Crippen LogP contribution in [0, 0.1) is 4.64 Å². The maximum Gasteiger partial charge on any atom is 0.490 e. The number of carbonyl (C=O) groups excluding carboxylic acids is 1. The summed E-state index contributed by atoms with van der Waals surface area (Å²) < 4.78 is 67.0. The number of H-pyrrole nitrogens is 1. The standard InChI is InChI=1S/C17H20BrN6O14P3S2/c18-11-6(1-2-43-11)3-20-13(25)16-35-9-7(4-33-40(29,30)38-41(31,32)37-39(26,27)28)34-15(10(9)36-16)24-5-21-8-12(24)22-17(19)23-14(8)42/h1-2,5,7,9-10,15-16H,3-4H2,(H,20,25)(H,29,30)(H,31,32)(H2,26,27,28)(H3,19,22,23,42). The Morgan fingerprint density at radius 1 is 1.19 bits per heavy atom. The van der Waals surface area contributed by atoms with Gasteiger partial charge in [0.05, 0.1) is 16.7 Å². The van der Waals surface area contributed by atoms with Crippen molar-refractivity contribution in [1.82, 2.24) is 24.8 Å². The number of hydrogen-bond donors (Lipinski definition) is 7. The van der Waals surface area contributed by atoms with Gasteiger partial charge >= 0.3 is 23.5 Å². The van der Waals surface area contributed by atoms with E-state index in [1.54, 1.807) is 6.07 Å². The SMILES string of the molecule is Nc1nc(=S)c2ncn(C3OC(COP(=O)(O)OP(=O)(O)OP(=O)(O)O)C4OC(C(=O)NCc5ccsc5Br)OC43)c2[nH]1. The van der Waals surface area contributed by atoms with Gasteiger partial charge in [0.1, 0.15) is 29.5 Å². The minimum Gasteiger partial charge on any atom is -0.369 e. The van der Waals surface area contributed by atoms with E-state index in [0.29, 0.717) is 0 Å². The summed E-state index contributed by atoms with van der Waals surface area (Å²) in [6, 6.07) is 1.80. The first-order valence-corrected chi connectivity index (χ1v) is 18.1. The number of imidazole rings is 1. The third-order valence-corrected chi connectivity index (χ3v) is 11.7. The molecule has 7 unspecified atom stereocenters. The molecule has 0 bridgehead atoms. The molecule has 43 heavy (non-hydrogen) atoms. The molecular weight excluding hydrogens is 749 g/mol. The number of aromatic amines is 1. The molecule has 2 saturated heterocycles. The van der Waals surface area contributed by atoms with Gasteiger partial charge < -0.3 is 49.8 Å². The van der Waals surface area contributed by atoms with Gasteiger partial charge in [-0.2, -0.15) is 8.62 Å². The number of aromatic nitrogens is 4. The van der Waals surface area contributed by atoms with Gasteiger partial charge in [0, 0.05) is 6.54 Å². The zero-order valence-electron chi connectivity index (χ0n) is 20.9. The van der Waals surface area contributed by atoms with Gasteiger partial charge in [0.15, 0.2) is 16.8 Å². The Balaban J connectivity index is 1.36. The highest BCUT2D eigenvalue weighted by atomic mass is 79.9. The van der Waals surface area contributed by atoms with Crippen LogP contribution in [0.25, 0.3) is 11.2 Å². The van der Waals surface area contributed by atoms with Crippen LogP contribution in [0.15, 0.2) is 21.6 Å². The van der Waals surface area contributed by atoms with Crippen molar-refractivity contribution in [2.24, 2.45) is 0 Å². The lowest BCUT2D eigenvalue weighted by Crippen LogP contribution is -2.37. The summed E-state index contributed by atoms with van der Waals surface area (Å²) in [4.78, 5) is 60.6. The fraction of sp³-hybridized carbons (Fsp3) is 0.412. The molecule has 2 fully saturated rings. The van der Waals surface area contributed by atoms with Crippen LogP contribution >= 0.6 is 63.0 Å². The number of nitrogens with two attached hydrogens (primary N) is 1. The van der Waals surface area contributed by atoms with Gasteiger partial charge in [-0.25, -0.2) is 23.7 Å². The van der Waals surface area contributed by atoms with E-state index in [1.807, 2.05) is 5.38 Å². The van der Waals surface area contributed by atoms with Gasteiger partial charge in [-0.1, -0.05) is 12.2 Å². The Bertz CT molecular complexity index is 1750. The molecular formula is C17H20BrN6O14P3S2. The number of phosphoric ester groups is 1. The van der Waals surface area contributed by atoms with E-state index in [4.69, 9.17) is 46.5 Å². The molecule has 7 atom stereocenters. The van der Waals surface area contributed by atoms with Crippen LogP contribution in [-0.2, 0) is 52.4 Å². The molecule has 2 aliphatic rings. The Morgan fingerprint density at radius 3 is 2.58 bits per heavy atom. The van der Waals surface area contributed by atoms with Crippen molar-refractivity contribution in [1.29, 1.82) is 0 Å². The third kappa shape index (κ3) is 7.67. The van der Waals surface area contributed by atoms with Crippen LogP contribution in [0.1, 0.15) is 11.8 Å². The number of anilines is 1. The zero-order chi connectivity index (χ0) is 31.3. The van der Waals surface area contributed by atoms with Crippen molar-refractivity contribution in [2.45, 2.75) is 37.4 Å². The second-order valence-corrected chi connectivity index (χ2v) is 15.7. The first-order chi connectivity index (χ1) is 20.0. The molecule has 0 spiro atoms. The van der Waals surface area contributed by atoms with E-state index in [9.17, 15) is 28.3 Å². The summed E-state index contributed by atoms with van der Waals surface area (Å²) >= 11 is 10.00. The molecule has 3 aromatic rings. The van der Waals surface area contributed by atoms with E-state index < -0.39 is 66.8 Å². The van der Waals surface area contributed by atoms with Crippen LogP contribution in [0.3, 0.4) is 0 Å². The summed E-state index contributed by atoms with van der Waals surface area (Å²) in [6.07, 6.45) is -4.76. The Labute approximate surface area is 257 Å². The molecule has 8 N–H and O–H groups in total. The lowest BCUT2D eigenvalue weighted by Gasteiger charge is -2.22. The Morgan fingerprint density at radius 2 is 1.91 bits per heavy atom. The van der Waals surface area contributed by atoms with Crippen molar-refractivity contribution in [3.8, 4) is 0 Å². The van der Waals surface area contributed by atoms with E-state index in [1.165, 1.54) is 22.2 Å². The monoisotopic (exact) mass is 768 g/mol. The van der Waals surface area contributed by atoms with E-state index in [2.05, 4.69) is 44.8 Å². The predicted molar refractivity (Wildman–Crippen MR) is 148 cm³/mol. The normalized spacial score (nSPS) is 26.7. The molecule has 5 rings (SSSR count). The Kier molecular flexibility index (Phi) is 9.46. The van der Waals surface area contributed by atoms with Gasteiger partial charge in [-0.3, -0.25) is 13.9 Å². The molecule has 26 heteroatoms. The zero-order valence-corrected chi connectivity index (χ0v) is 26.8. The van der Waals surface area contributed by atoms with Crippen molar-refractivity contribution < 1.29 is 65.4 Å². The van der Waals surface area contributed by atoms with Crippen molar-refractivity contribution in [2.75, 3.05) is 12.3 Å². The number of phosphoric acid groups is 3. The second-order valence-electron chi connectivity index (χ2n) is 8.70. The second kappa shape index (κ2) is 12.4. The summed E-state index contributed by atoms with van der Waals surface area (Å²) in [6.45, 7) is -0.723. The topological polar surface area (TPSA) is 289 Å². The number of carbonyl (C=O) groups is 1. The van der Waals surface area contributed by atoms with E-state index in [-0.39, 0.29) is 28.3 Å². The molecule has 2 aliphatic heterocycles. The fourth-order valence-corrected chi connectivity index (χ4v) is 8.66. The lowest BCUT2D eigenvalue weighted by molar-refractivity contribution is -0.171. The van der Waals surface area contributed by atoms with Crippen LogP contribution in [0.4, 0.5) is 5.95 Å². The largest absolute Gasteiger partial charge is 0.490 e. The van der Waals surface area contributed by atoms with Crippen LogP contribution in [-0.4, -0.2) is 76.2 Å². The minimum absolute atomic E-state index is 0.0431. The molecule has 0 aromatic carbocycles. The van der Waals surface area contributed by atoms with Gasteiger partial charge in [-0.15, -0.1) is 11.3 Å². The maximum atomic E-state index is 12.9. The molecule has 3 aromatic heterocycles. The molecule has 236 valence electrons. The van der Waals surface area contributed by atoms with Crippen molar-refractivity contribution in [3.05, 3.63) is 31.8 Å². The van der Waals surface area contributed by atoms with E-state index in [0.717, 1.165) is 9.35 Å². The number of nitrogens with one attached hydrogen (secondary N) is 2.